The first-order chi connectivity index (χ1) is 16.7. The van der Waals surface area contributed by atoms with Crippen molar-refractivity contribution in [2.45, 2.75) is 82.8 Å². The van der Waals surface area contributed by atoms with E-state index in [1.807, 2.05) is 19.1 Å². The fourth-order valence-corrected chi connectivity index (χ4v) is 6.46. The Bertz CT molecular complexity index is 954. The topological polar surface area (TPSA) is 62.4 Å². The number of para-hydroxylation sites is 3. The molecule has 1 aliphatic heterocycles. The summed E-state index contributed by atoms with van der Waals surface area (Å²) in [6.07, 6.45) is 11.7. The summed E-state index contributed by atoms with van der Waals surface area (Å²) in [6, 6.07) is 16.8. The number of anilines is 2. The number of amides is 1. The molecule has 3 N–H and O–H groups in total. The van der Waals surface area contributed by atoms with Crippen LogP contribution in [0.5, 0.6) is 5.75 Å². The molecule has 2 saturated carbocycles. The van der Waals surface area contributed by atoms with Gasteiger partial charge in [-0.15, -0.1) is 0 Å². The number of benzene rings is 2. The Kier molecular flexibility index (Phi) is 6.98. The molecule has 182 valence electrons. The predicted molar refractivity (Wildman–Crippen MR) is 138 cm³/mol. The minimum atomic E-state index is -0.754. The van der Waals surface area contributed by atoms with Gasteiger partial charge in [0.05, 0.1) is 23.9 Å². The van der Waals surface area contributed by atoms with Crippen molar-refractivity contribution < 1.29 is 9.53 Å². The molecule has 1 amide bonds. The molecule has 3 aliphatic rings. The van der Waals surface area contributed by atoms with Crippen molar-refractivity contribution in [3.8, 4) is 5.75 Å². The Balaban J connectivity index is 1.59. The second kappa shape index (κ2) is 10.3. The van der Waals surface area contributed by atoms with Gasteiger partial charge in [-0.2, -0.15) is 0 Å². The number of hydrogen-bond donors (Lipinski definition) is 3. The molecule has 2 fully saturated rings. The van der Waals surface area contributed by atoms with E-state index in [9.17, 15) is 4.79 Å². The van der Waals surface area contributed by atoms with Crippen LogP contribution in [0.15, 0.2) is 48.5 Å². The maximum absolute atomic E-state index is 14.3. The normalized spacial score (nSPS) is 21.1. The zero-order valence-corrected chi connectivity index (χ0v) is 20.4. The van der Waals surface area contributed by atoms with Gasteiger partial charge in [0, 0.05) is 11.6 Å². The number of fused-ring (bicyclic) bond motifs is 1. The number of ether oxygens (including phenoxy) is 1. The van der Waals surface area contributed by atoms with Crippen LogP contribution in [-0.2, 0) is 10.5 Å². The van der Waals surface area contributed by atoms with Crippen LogP contribution in [0, 0.1) is 11.8 Å². The standard InChI is InChI=1S/C29H39N3O2/c1-2-34-26-20-12-9-17-23(26)29(31-24-18-10-11-19-25(24)32-29)27(21-13-5-3-6-14-21)28(33)30-22-15-7-4-8-16-22/h9-12,17-22,27,31-32H,2-8,13-16H2,1H3,(H,30,33). The van der Waals surface area contributed by atoms with Gasteiger partial charge in [0.15, 0.2) is 5.66 Å². The Labute approximate surface area is 204 Å². The van der Waals surface area contributed by atoms with Gasteiger partial charge in [-0.05, 0) is 56.7 Å². The molecule has 2 aromatic carbocycles. The lowest BCUT2D eigenvalue weighted by molar-refractivity contribution is -0.130. The molecule has 0 spiro atoms. The van der Waals surface area contributed by atoms with Crippen molar-refractivity contribution in [1.29, 1.82) is 0 Å². The first-order valence-electron chi connectivity index (χ1n) is 13.4. The highest BCUT2D eigenvalue weighted by atomic mass is 16.5. The molecular formula is C29H39N3O2. The van der Waals surface area contributed by atoms with Crippen LogP contribution in [-0.4, -0.2) is 18.6 Å². The summed E-state index contributed by atoms with van der Waals surface area (Å²) < 4.78 is 6.13. The number of carbonyl (C=O) groups is 1. The van der Waals surface area contributed by atoms with E-state index in [0.29, 0.717) is 12.5 Å². The molecule has 1 unspecified atom stereocenters. The molecule has 0 aromatic heterocycles. The second-order valence-electron chi connectivity index (χ2n) is 10.3. The summed E-state index contributed by atoms with van der Waals surface area (Å²) in [4.78, 5) is 14.3. The zero-order chi connectivity index (χ0) is 23.4. The lowest BCUT2D eigenvalue weighted by atomic mass is 9.70. The summed E-state index contributed by atoms with van der Waals surface area (Å²) in [6.45, 7) is 2.60. The lowest BCUT2D eigenvalue weighted by Crippen LogP contribution is -2.57. The third kappa shape index (κ3) is 4.49. The molecule has 0 radical (unpaired) electrons. The van der Waals surface area contributed by atoms with Crippen LogP contribution < -0.4 is 20.7 Å². The van der Waals surface area contributed by atoms with Gasteiger partial charge < -0.3 is 20.7 Å². The SMILES string of the molecule is CCOc1ccccc1C1(C(C(=O)NC2CCCCC2)C2CCCCC2)Nc2ccccc2N1. The van der Waals surface area contributed by atoms with Crippen molar-refractivity contribution in [1.82, 2.24) is 5.32 Å². The molecule has 34 heavy (non-hydrogen) atoms. The lowest BCUT2D eigenvalue weighted by Gasteiger charge is -2.44. The summed E-state index contributed by atoms with van der Waals surface area (Å²) in [5.41, 5.74) is 2.35. The average molecular weight is 462 g/mol. The minimum Gasteiger partial charge on any atom is -0.493 e. The highest BCUT2D eigenvalue weighted by molar-refractivity contribution is 5.87. The van der Waals surface area contributed by atoms with Crippen LogP contribution in [0.25, 0.3) is 0 Å². The quantitative estimate of drug-likeness (QED) is 0.445. The molecule has 5 heteroatoms. The van der Waals surface area contributed by atoms with Gasteiger partial charge in [-0.3, -0.25) is 4.79 Å². The molecule has 2 aromatic rings. The Morgan fingerprint density at radius 1 is 0.912 bits per heavy atom. The summed E-state index contributed by atoms with van der Waals surface area (Å²) in [5, 5.41) is 11.2. The molecule has 1 atom stereocenters. The van der Waals surface area contributed by atoms with E-state index < -0.39 is 5.66 Å². The third-order valence-electron chi connectivity index (χ3n) is 8.02. The molecule has 0 bridgehead atoms. The van der Waals surface area contributed by atoms with E-state index in [1.165, 1.54) is 38.5 Å². The van der Waals surface area contributed by atoms with Crippen LogP contribution >= 0.6 is 0 Å². The fraction of sp³-hybridized carbons (Fsp3) is 0.552. The maximum Gasteiger partial charge on any atom is 0.228 e. The van der Waals surface area contributed by atoms with E-state index in [-0.39, 0.29) is 17.9 Å². The average Bonchev–Trinajstić information content (AvgIpc) is 3.26. The number of rotatable bonds is 7. The maximum atomic E-state index is 14.3. The van der Waals surface area contributed by atoms with Gasteiger partial charge in [0.2, 0.25) is 5.91 Å². The third-order valence-corrected chi connectivity index (χ3v) is 8.02. The first kappa shape index (κ1) is 23.1. The molecule has 2 aliphatic carbocycles. The van der Waals surface area contributed by atoms with E-state index in [1.54, 1.807) is 0 Å². The second-order valence-corrected chi connectivity index (χ2v) is 10.3. The highest BCUT2D eigenvalue weighted by Crippen LogP contribution is 2.50. The molecule has 1 heterocycles. The number of carbonyl (C=O) groups excluding carboxylic acids is 1. The van der Waals surface area contributed by atoms with Crippen molar-refractivity contribution in [2.24, 2.45) is 11.8 Å². The molecule has 5 nitrogen and oxygen atoms in total. The molecule has 0 saturated heterocycles. The van der Waals surface area contributed by atoms with Gasteiger partial charge in [0.1, 0.15) is 5.75 Å². The van der Waals surface area contributed by atoms with Crippen molar-refractivity contribution in [3.05, 3.63) is 54.1 Å². The van der Waals surface area contributed by atoms with Crippen molar-refractivity contribution in [3.63, 3.8) is 0 Å². The van der Waals surface area contributed by atoms with Gasteiger partial charge in [-0.25, -0.2) is 0 Å². The number of hydrogen-bond acceptors (Lipinski definition) is 4. The van der Waals surface area contributed by atoms with Crippen molar-refractivity contribution in [2.75, 3.05) is 17.2 Å². The van der Waals surface area contributed by atoms with E-state index in [0.717, 1.165) is 48.4 Å². The fourth-order valence-electron chi connectivity index (χ4n) is 6.46. The smallest absolute Gasteiger partial charge is 0.228 e. The van der Waals surface area contributed by atoms with Gasteiger partial charge >= 0.3 is 0 Å². The van der Waals surface area contributed by atoms with Crippen LogP contribution in [0.3, 0.4) is 0 Å². The number of nitrogens with one attached hydrogen (secondary N) is 3. The van der Waals surface area contributed by atoms with E-state index in [4.69, 9.17) is 4.74 Å². The molecular weight excluding hydrogens is 422 g/mol. The predicted octanol–water partition coefficient (Wildman–Crippen LogP) is 6.42. The van der Waals surface area contributed by atoms with Gasteiger partial charge in [-0.1, -0.05) is 68.9 Å². The summed E-state index contributed by atoms with van der Waals surface area (Å²) in [7, 11) is 0. The summed E-state index contributed by atoms with van der Waals surface area (Å²) >= 11 is 0. The van der Waals surface area contributed by atoms with Gasteiger partial charge in [0.25, 0.3) is 0 Å². The highest BCUT2D eigenvalue weighted by Gasteiger charge is 2.53. The zero-order valence-electron chi connectivity index (χ0n) is 20.4. The molecule has 5 rings (SSSR count). The van der Waals surface area contributed by atoms with Crippen LogP contribution in [0.1, 0.15) is 76.7 Å². The first-order valence-corrected chi connectivity index (χ1v) is 13.4. The monoisotopic (exact) mass is 461 g/mol. The summed E-state index contributed by atoms with van der Waals surface area (Å²) in [5.74, 6) is 1.08. The Hall–Kier alpha value is -2.69. The Morgan fingerprint density at radius 3 is 2.15 bits per heavy atom. The Morgan fingerprint density at radius 2 is 1.50 bits per heavy atom. The van der Waals surface area contributed by atoms with E-state index in [2.05, 4.69) is 52.3 Å². The minimum absolute atomic E-state index is 0.179. The van der Waals surface area contributed by atoms with Crippen molar-refractivity contribution >= 4 is 17.3 Å². The van der Waals surface area contributed by atoms with E-state index >= 15 is 0 Å². The van der Waals surface area contributed by atoms with Crippen LogP contribution in [0.4, 0.5) is 11.4 Å². The van der Waals surface area contributed by atoms with Crippen LogP contribution in [0.2, 0.25) is 0 Å². The largest absolute Gasteiger partial charge is 0.493 e.